The molecule has 0 bridgehead atoms. The SMILES string of the molecule is CC(C)(C)Sc1ccc(/C(N)=N/O)c(Br)c1. The number of halogens is 1. The third kappa shape index (κ3) is 3.72. The summed E-state index contributed by atoms with van der Waals surface area (Å²) in [7, 11) is 0. The van der Waals surface area contributed by atoms with Gasteiger partial charge >= 0.3 is 0 Å². The molecule has 0 heterocycles. The van der Waals surface area contributed by atoms with Crippen molar-refractivity contribution in [3.8, 4) is 0 Å². The highest BCUT2D eigenvalue weighted by Gasteiger charge is 2.13. The maximum absolute atomic E-state index is 8.61. The van der Waals surface area contributed by atoms with Crippen LogP contribution in [-0.4, -0.2) is 15.8 Å². The van der Waals surface area contributed by atoms with Crippen molar-refractivity contribution >= 4 is 33.5 Å². The number of nitrogens with zero attached hydrogens (tertiary/aromatic N) is 1. The number of benzene rings is 1. The molecule has 0 fully saturated rings. The molecule has 3 N–H and O–H groups in total. The molecule has 0 saturated heterocycles. The molecule has 0 spiro atoms. The van der Waals surface area contributed by atoms with Crippen LogP contribution in [0.5, 0.6) is 0 Å². The van der Waals surface area contributed by atoms with Crippen molar-refractivity contribution in [3.05, 3.63) is 28.2 Å². The normalized spacial score (nSPS) is 12.9. The molecule has 0 atom stereocenters. The van der Waals surface area contributed by atoms with Gasteiger partial charge in [-0.05, 0) is 34.1 Å². The van der Waals surface area contributed by atoms with Gasteiger partial charge in [0.05, 0.1) is 0 Å². The Hall–Kier alpha value is -0.680. The van der Waals surface area contributed by atoms with Gasteiger partial charge in [-0.1, -0.05) is 25.9 Å². The highest BCUT2D eigenvalue weighted by Crippen LogP contribution is 2.34. The van der Waals surface area contributed by atoms with Crippen molar-refractivity contribution in [2.24, 2.45) is 10.9 Å². The van der Waals surface area contributed by atoms with E-state index in [0.717, 1.165) is 9.37 Å². The summed E-state index contributed by atoms with van der Waals surface area (Å²) >= 11 is 5.18. The standard InChI is InChI=1S/C11H15BrN2OS/c1-11(2,3)16-7-4-5-8(9(12)6-7)10(13)14-15/h4-6,15H,1-3H3,(H2,13,14). The van der Waals surface area contributed by atoms with Gasteiger partial charge in [-0.25, -0.2) is 0 Å². The van der Waals surface area contributed by atoms with Crippen molar-refractivity contribution in [1.82, 2.24) is 0 Å². The fourth-order valence-corrected chi connectivity index (χ4v) is 2.93. The summed E-state index contributed by atoms with van der Waals surface area (Å²) in [5.41, 5.74) is 6.23. The number of rotatable bonds is 2. The first-order valence-corrected chi connectivity index (χ1v) is 6.41. The van der Waals surface area contributed by atoms with Crippen LogP contribution in [0.25, 0.3) is 0 Å². The predicted octanol–water partition coefficient (Wildman–Crippen LogP) is 3.43. The first kappa shape index (κ1) is 13.4. The zero-order chi connectivity index (χ0) is 12.3. The lowest BCUT2D eigenvalue weighted by Gasteiger charge is -2.18. The van der Waals surface area contributed by atoms with Crippen LogP contribution in [0.4, 0.5) is 0 Å². The largest absolute Gasteiger partial charge is 0.409 e. The first-order chi connectivity index (χ1) is 7.33. The second-order valence-corrected chi connectivity index (χ2v) is 7.10. The summed E-state index contributed by atoms with van der Waals surface area (Å²) in [6.45, 7) is 6.47. The molecule has 5 heteroatoms. The van der Waals surface area contributed by atoms with Crippen LogP contribution < -0.4 is 5.73 Å². The highest BCUT2D eigenvalue weighted by molar-refractivity contribution is 9.10. The van der Waals surface area contributed by atoms with E-state index >= 15 is 0 Å². The van der Waals surface area contributed by atoms with Gasteiger partial charge < -0.3 is 10.9 Å². The second kappa shape index (κ2) is 5.10. The van der Waals surface area contributed by atoms with E-state index in [1.807, 2.05) is 18.2 Å². The maximum Gasteiger partial charge on any atom is 0.171 e. The van der Waals surface area contributed by atoms with E-state index in [1.165, 1.54) is 0 Å². The number of nitrogens with two attached hydrogens (primary N) is 1. The quantitative estimate of drug-likeness (QED) is 0.289. The van der Waals surface area contributed by atoms with Gasteiger partial charge in [0.2, 0.25) is 0 Å². The highest BCUT2D eigenvalue weighted by atomic mass is 79.9. The minimum absolute atomic E-state index is 0.110. The molecule has 0 unspecified atom stereocenters. The first-order valence-electron chi connectivity index (χ1n) is 4.80. The monoisotopic (exact) mass is 302 g/mol. The zero-order valence-electron chi connectivity index (χ0n) is 9.49. The fraction of sp³-hybridized carbons (Fsp3) is 0.364. The fourth-order valence-electron chi connectivity index (χ4n) is 1.17. The van der Waals surface area contributed by atoms with E-state index in [0.29, 0.717) is 5.56 Å². The molecule has 0 aromatic heterocycles. The predicted molar refractivity (Wildman–Crippen MR) is 72.3 cm³/mol. The Morgan fingerprint density at radius 3 is 2.50 bits per heavy atom. The van der Waals surface area contributed by atoms with Crippen molar-refractivity contribution in [1.29, 1.82) is 0 Å². The number of hydrogen-bond acceptors (Lipinski definition) is 3. The van der Waals surface area contributed by atoms with E-state index in [1.54, 1.807) is 11.8 Å². The molecule has 16 heavy (non-hydrogen) atoms. The number of amidine groups is 1. The third-order valence-corrected chi connectivity index (χ3v) is 3.51. The molecule has 3 nitrogen and oxygen atoms in total. The molecule has 88 valence electrons. The van der Waals surface area contributed by atoms with E-state index in [4.69, 9.17) is 10.9 Å². The van der Waals surface area contributed by atoms with E-state index in [2.05, 4.69) is 41.9 Å². The summed E-state index contributed by atoms with van der Waals surface area (Å²) < 4.78 is 0.995. The summed E-state index contributed by atoms with van der Waals surface area (Å²) in [5.74, 6) is 0.110. The van der Waals surface area contributed by atoms with E-state index in [9.17, 15) is 0 Å². The summed E-state index contributed by atoms with van der Waals surface area (Å²) in [5, 5.41) is 11.6. The Balaban J connectivity index is 3.00. The number of oxime groups is 1. The summed E-state index contributed by atoms with van der Waals surface area (Å²) in [4.78, 5) is 1.15. The Labute approximate surface area is 108 Å². The average Bonchev–Trinajstić information content (AvgIpc) is 2.14. The lowest BCUT2D eigenvalue weighted by molar-refractivity contribution is 0.318. The average molecular weight is 303 g/mol. The van der Waals surface area contributed by atoms with Gasteiger partial charge in [0, 0.05) is 19.7 Å². The minimum atomic E-state index is 0.110. The minimum Gasteiger partial charge on any atom is -0.409 e. The molecule has 0 aliphatic heterocycles. The van der Waals surface area contributed by atoms with Gasteiger partial charge in [-0.2, -0.15) is 0 Å². The van der Waals surface area contributed by atoms with Gasteiger partial charge in [0.25, 0.3) is 0 Å². The molecule has 0 saturated carbocycles. The van der Waals surface area contributed by atoms with Crippen LogP contribution in [0.2, 0.25) is 0 Å². The van der Waals surface area contributed by atoms with E-state index < -0.39 is 0 Å². The van der Waals surface area contributed by atoms with Crippen LogP contribution in [0.3, 0.4) is 0 Å². The molecule has 0 amide bonds. The lowest BCUT2D eigenvalue weighted by atomic mass is 10.2. The summed E-state index contributed by atoms with van der Waals surface area (Å²) in [6, 6.07) is 5.78. The van der Waals surface area contributed by atoms with Crippen molar-refractivity contribution in [3.63, 3.8) is 0 Å². The molecular weight excluding hydrogens is 288 g/mol. The van der Waals surface area contributed by atoms with Gasteiger partial charge in [0.1, 0.15) is 0 Å². The van der Waals surface area contributed by atoms with Gasteiger partial charge in [-0.3, -0.25) is 0 Å². The second-order valence-electron chi connectivity index (χ2n) is 4.34. The Morgan fingerprint density at radius 1 is 1.44 bits per heavy atom. The van der Waals surface area contributed by atoms with Gasteiger partial charge in [0.15, 0.2) is 5.84 Å². The Bertz CT molecular complexity index is 413. The van der Waals surface area contributed by atoms with Crippen LogP contribution in [-0.2, 0) is 0 Å². The number of hydrogen-bond donors (Lipinski definition) is 2. The topological polar surface area (TPSA) is 58.6 Å². The van der Waals surface area contributed by atoms with Crippen molar-refractivity contribution in [2.45, 2.75) is 30.4 Å². The lowest BCUT2D eigenvalue weighted by Crippen LogP contribution is -2.14. The van der Waals surface area contributed by atoms with E-state index in [-0.39, 0.29) is 10.6 Å². The van der Waals surface area contributed by atoms with Crippen LogP contribution >= 0.6 is 27.7 Å². The molecule has 0 radical (unpaired) electrons. The molecule has 1 aromatic carbocycles. The summed E-state index contributed by atoms with van der Waals surface area (Å²) in [6.07, 6.45) is 0. The van der Waals surface area contributed by atoms with Crippen LogP contribution in [0.15, 0.2) is 32.7 Å². The van der Waals surface area contributed by atoms with Crippen molar-refractivity contribution < 1.29 is 5.21 Å². The van der Waals surface area contributed by atoms with Gasteiger partial charge in [-0.15, -0.1) is 11.8 Å². The van der Waals surface area contributed by atoms with Crippen LogP contribution in [0, 0.1) is 0 Å². The van der Waals surface area contributed by atoms with Crippen LogP contribution in [0.1, 0.15) is 26.3 Å². The molecule has 0 aliphatic carbocycles. The Kier molecular flexibility index (Phi) is 4.27. The zero-order valence-corrected chi connectivity index (χ0v) is 11.9. The smallest absolute Gasteiger partial charge is 0.171 e. The maximum atomic E-state index is 8.61. The number of thioether (sulfide) groups is 1. The van der Waals surface area contributed by atoms with Crippen molar-refractivity contribution in [2.75, 3.05) is 0 Å². The molecule has 0 aliphatic rings. The third-order valence-electron chi connectivity index (χ3n) is 1.75. The molecular formula is C11H15BrN2OS. The molecule has 1 rings (SSSR count). The Morgan fingerprint density at radius 2 is 2.06 bits per heavy atom. The molecule has 1 aromatic rings.